The van der Waals surface area contributed by atoms with E-state index in [9.17, 15) is 0 Å². The number of rotatable bonds is 4. The second-order valence-corrected chi connectivity index (χ2v) is 9.45. The van der Waals surface area contributed by atoms with Crippen LogP contribution in [0, 0.1) is 0 Å². The summed E-state index contributed by atoms with van der Waals surface area (Å²) in [6, 6.07) is 0. The summed E-state index contributed by atoms with van der Waals surface area (Å²) in [7, 11) is 0.0889. The van der Waals surface area contributed by atoms with Crippen LogP contribution in [0.1, 0.15) is 57.8 Å². The largest absolute Gasteiger partial charge is 0.408 e. The molecule has 0 saturated carbocycles. The van der Waals surface area contributed by atoms with Crippen LogP contribution in [0.5, 0.6) is 0 Å². The summed E-state index contributed by atoms with van der Waals surface area (Å²) < 4.78 is 6.32. The van der Waals surface area contributed by atoms with E-state index in [4.69, 9.17) is 4.43 Å². The third kappa shape index (κ3) is 1.86. The predicted octanol–water partition coefficient (Wildman–Crippen LogP) is 4.53. The average Bonchev–Trinajstić information content (AvgIpc) is 3.16. The minimum absolute atomic E-state index is 1.27. The van der Waals surface area contributed by atoms with Crippen LogP contribution >= 0.6 is 0 Å². The minimum atomic E-state index is -1.89. The molecule has 0 radical (unpaired) electrons. The summed E-state index contributed by atoms with van der Waals surface area (Å²) in [6.45, 7) is 0. The fourth-order valence-corrected chi connectivity index (χ4v) is 8.89. The van der Waals surface area contributed by atoms with Crippen molar-refractivity contribution in [3.63, 3.8) is 0 Å². The van der Waals surface area contributed by atoms with Crippen molar-refractivity contribution < 1.29 is 4.43 Å². The van der Waals surface area contributed by atoms with Crippen molar-refractivity contribution in [1.82, 2.24) is 0 Å². The van der Waals surface area contributed by atoms with Crippen molar-refractivity contribution in [3.05, 3.63) is 33.8 Å². The van der Waals surface area contributed by atoms with Crippen molar-refractivity contribution in [2.24, 2.45) is 0 Å². The summed E-state index contributed by atoms with van der Waals surface area (Å²) >= 11 is 0. The van der Waals surface area contributed by atoms with E-state index >= 15 is 0 Å². The van der Waals surface area contributed by atoms with E-state index in [0.29, 0.717) is 0 Å². The van der Waals surface area contributed by atoms with Gasteiger partial charge in [-0.15, -0.1) is 0 Å². The van der Waals surface area contributed by atoms with Crippen molar-refractivity contribution in [3.8, 4) is 0 Å². The van der Waals surface area contributed by atoms with E-state index in [1.165, 1.54) is 57.8 Å². The first-order chi connectivity index (χ1) is 8.88. The molecule has 0 spiro atoms. The lowest BCUT2D eigenvalue weighted by Crippen LogP contribution is -2.44. The molecule has 3 aliphatic rings. The average molecular weight is 260 g/mol. The van der Waals surface area contributed by atoms with Gasteiger partial charge in [0.2, 0.25) is 0 Å². The maximum absolute atomic E-state index is 6.32. The van der Waals surface area contributed by atoms with E-state index in [0.717, 1.165) is 0 Å². The molecule has 0 bridgehead atoms. The number of hydrogen-bond donors (Lipinski definition) is 0. The molecule has 2 heteroatoms. The Bertz CT molecular complexity index is 357. The summed E-state index contributed by atoms with van der Waals surface area (Å²) in [5.41, 5.74) is 0. The zero-order chi connectivity index (χ0) is 12.4. The molecule has 3 rings (SSSR count). The highest BCUT2D eigenvalue weighted by Gasteiger charge is 2.46. The van der Waals surface area contributed by atoms with Crippen LogP contribution in [-0.2, 0) is 4.43 Å². The standard InChI is InChI=1S/C16H24OSi/c1-17-18(14-8-2-3-9-14,15-10-4-5-11-15)16-12-6-7-13-16/h8,10,12H,2-7,9,11,13H2,1H3. The van der Waals surface area contributed by atoms with E-state index in [-0.39, 0.29) is 0 Å². The van der Waals surface area contributed by atoms with Crippen LogP contribution in [-0.4, -0.2) is 15.4 Å². The van der Waals surface area contributed by atoms with E-state index in [1.54, 1.807) is 15.6 Å². The van der Waals surface area contributed by atoms with Crippen molar-refractivity contribution >= 4 is 8.32 Å². The molecule has 0 atom stereocenters. The highest BCUT2D eigenvalue weighted by Crippen LogP contribution is 2.44. The van der Waals surface area contributed by atoms with E-state index < -0.39 is 8.32 Å². The lowest BCUT2D eigenvalue weighted by atomic mass is 10.4. The van der Waals surface area contributed by atoms with Crippen LogP contribution in [0.15, 0.2) is 33.8 Å². The fraction of sp³-hybridized carbons (Fsp3) is 0.625. The van der Waals surface area contributed by atoms with Gasteiger partial charge in [-0.05, 0) is 57.8 Å². The Hall–Kier alpha value is -0.603. The second-order valence-electron chi connectivity index (χ2n) is 5.75. The van der Waals surface area contributed by atoms with Crippen LogP contribution in [0.25, 0.3) is 0 Å². The second kappa shape index (κ2) is 5.18. The zero-order valence-corrected chi connectivity index (χ0v) is 12.5. The minimum Gasteiger partial charge on any atom is -0.408 e. The highest BCUT2D eigenvalue weighted by molar-refractivity contribution is 6.93. The van der Waals surface area contributed by atoms with Gasteiger partial charge >= 0.3 is 0 Å². The van der Waals surface area contributed by atoms with Gasteiger partial charge in [0, 0.05) is 7.11 Å². The lowest BCUT2D eigenvalue weighted by Gasteiger charge is -2.34. The van der Waals surface area contributed by atoms with Gasteiger partial charge in [-0.2, -0.15) is 0 Å². The summed E-state index contributed by atoms with van der Waals surface area (Å²) in [5, 5.41) is 5.06. The maximum atomic E-state index is 6.32. The topological polar surface area (TPSA) is 9.23 Å². The highest BCUT2D eigenvalue weighted by atomic mass is 28.4. The summed E-state index contributed by atoms with van der Waals surface area (Å²) in [6.07, 6.45) is 19.2. The van der Waals surface area contributed by atoms with E-state index in [1.807, 2.05) is 7.11 Å². The van der Waals surface area contributed by atoms with Gasteiger partial charge in [0.1, 0.15) is 0 Å². The molecular formula is C16H24OSi. The van der Waals surface area contributed by atoms with Crippen LogP contribution < -0.4 is 0 Å². The molecule has 0 fully saturated rings. The van der Waals surface area contributed by atoms with E-state index in [2.05, 4.69) is 18.2 Å². The molecule has 0 aromatic heterocycles. The molecule has 0 amide bonds. The third-order valence-electron chi connectivity index (χ3n) is 4.79. The quantitative estimate of drug-likeness (QED) is 0.675. The maximum Gasteiger partial charge on any atom is 0.274 e. The van der Waals surface area contributed by atoms with Crippen LogP contribution in [0.2, 0.25) is 0 Å². The Balaban J connectivity index is 2.04. The zero-order valence-electron chi connectivity index (χ0n) is 11.5. The lowest BCUT2D eigenvalue weighted by molar-refractivity contribution is 0.411. The number of allylic oxidation sites excluding steroid dienone is 6. The van der Waals surface area contributed by atoms with Gasteiger partial charge in [-0.3, -0.25) is 0 Å². The molecule has 0 saturated heterocycles. The first-order valence-corrected chi connectivity index (χ1v) is 9.42. The molecular weight excluding hydrogens is 236 g/mol. The Morgan fingerprint density at radius 1 is 0.778 bits per heavy atom. The van der Waals surface area contributed by atoms with Crippen molar-refractivity contribution in [2.45, 2.75) is 57.8 Å². The molecule has 0 aromatic rings. The van der Waals surface area contributed by atoms with Gasteiger partial charge in [0.15, 0.2) is 0 Å². The van der Waals surface area contributed by atoms with Gasteiger partial charge in [0.05, 0.1) is 0 Å². The first kappa shape index (κ1) is 12.4. The predicted molar refractivity (Wildman–Crippen MR) is 78.6 cm³/mol. The summed E-state index contributed by atoms with van der Waals surface area (Å²) in [5.74, 6) is 0. The van der Waals surface area contributed by atoms with Crippen LogP contribution in [0.3, 0.4) is 0 Å². The molecule has 0 heterocycles. The molecule has 0 unspecified atom stereocenters. The molecule has 0 aliphatic heterocycles. The van der Waals surface area contributed by atoms with Crippen LogP contribution in [0.4, 0.5) is 0 Å². The SMILES string of the molecule is CO[Si](C1=CCCC1)(C1=CCCC1)C1=CCCC1. The van der Waals surface area contributed by atoms with Gasteiger partial charge in [-0.25, -0.2) is 0 Å². The van der Waals surface area contributed by atoms with Crippen molar-refractivity contribution in [2.75, 3.05) is 7.11 Å². The smallest absolute Gasteiger partial charge is 0.274 e. The Kier molecular flexibility index (Phi) is 3.58. The molecule has 1 nitrogen and oxygen atoms in total. The Morgan fingerprint density at radius 3 is 1.39 bits per heavy atom. The normalized spacial score (nSPS) is 24.2. The Morgan fingerprint density at radius 2 is 1.17 bits per heavy atom. The number of hydrogen-bond acceptors (Lipinski definition) is 1. The third-order valence-corrected chi connectivity index (χ3v) is 9.47. The summed E-state index contributed by atoms with van der Waals surface area (Å²) in [4.78, 5) is 0. The molecule has 0 aromatic carbocycles. The molecule has 3 aliphatic carbocycles. The van der Waals surface area contributed by atoms with Gasteiger partial charge < -0.3 is 4.43 Å². The monoisotopic (exact) mass is 260 g/mol. The fourth-order valence-electron chi connectivity index (χ4n) is 3.98. The Labute approximate surface area is 112 Å². The van der Waals surface area contributed by atoms with Crippen molar-refractivity contribution in [1.29, 1.82) is 0 Å². The molecule has 98 valence electrons. The molecule has 18 heavy (non-hydrogen) atoms. The first-order valence-electron chi connectivity index (χ1n) is 7.51. The molecule has 0 N–H and O–H groups in total. The van der Waals surface area contributed by atoms with Gasteiger partial charge in [0.25, 0.3) is 8.32 Å². The van der Waals surface area contributed by atoms with Gasteiger partial charge in [-0.1, -0.05) is 33.8 Å².